The summed E-state index contributed by atoms with van der Waals surface area (Å²) >= 11 is 0. The van der Waals surface area contributed by atoms with Gasteiger partial charge in [-0.2, -0.15) is 0 Å². The Morgan fingerprint density at radius 2 is 1.70 bits per heavy atom. The molecule has 0 saturated carbocycles. The van der Waals surface area contributed by atoms with E-state index in [-0.39, 0.29) is 5.75 Å². The van der Waals surface area contributed by atoms with Crippen molar-refractivity contribution in [2.24, 2.45) is 5.16 Å². The highest BCUT2D eigenvalue weighted by atomic mass is 16.5. The molecule has 0 aliphatic rings. The molecule has 130 valence electrons. The number of unbranched alkanes of at least 4 members (excludes halogenated alkanes) is 6. The standard InChI is InChI=1S/C19H31NO3/c1-3-5-6-7-8-9-10-11-18(20-22)17-13-12-16(15-19(17)21)23-14-4-2/h12-13,15,21-22H,3-11,14H2,1-2H3/b20-18+. The van der Waals surface area contributed by atoms with Crippen LogP contribution >= 0.6 is 0 Å². The zero-order valence-electron chi connectivity index (χ0n) is 14.6. The minimum Gasteiger partial charge on any atom is -0.507 e. The van der Waals surface area contributed by atoms with Crippen molar-refractivity contribution in [1.29, 1.82) is 0 Å². The van der Waals surface area contributed by atoms with Crippen LogP contribution < -0.4 is 4.74 Å². The summed E-state index contributed by atoms with van der Waals surface area (Å²) < 4.78 is 5.49. The number of ether oxygens (including phenoxy) is 1. The molecule has 0 aliphatic carbocycles. The Morgan fingerprint density at radius 1 is 1.00 bits per heavy atom. The first-order valence-electron chi connectivity index (χ1n) is 8.90. The highest BCUT2D eigenvalue weighted by Crippen LogP contribution is 2.26. The van der Waals surface area contributed by atoms with Gasteiger partial charge in [0.2, 0.25) is 0 Å². The smallest absolute Gasteiger partial charge is 0.128 e. The molecule has 4 nitrogen and oxygen atoms in total. The Labute approximate surface area is 140 Å². The number of hydrogen-bond acceptors (Lipinski definition) is 4. The maximum Gasteiger partial charge on any atom is 0.128 e. The topological polar surface area (TPSA) is 62.1 Å². The summed E-state index contributed by atoms with van der Waals surface area (Å²) in [6, 6.07) is 5.15. The number of aromatic hydroxyl groups is 1. The molecule has 1 rings (SSSR count). The molecule has 0 heterocycles. The van der Waals surface area contributed by atoms with E-state index >= 15 is 0 Å². The molecule has 0 aliphatic heterocycles. The van der Waals surface area contributed by atoms with Crippen LogP contribution in [0.25, 0.3) is 0 Å². The van der Waals surface area contributed by atoms with Crippen molar-refractivity contribution < 1.29 is 15.1 Å². The van der Waals surface area contributed by atoms with E-state index in [2.05, 4.69) is 12.1 Å². The van der Waals surface area contributed by atoms with Gasteiger partial charge in [0.1, 0.15) is 11.5 Å². The number of hydrogen-bond donors (Lipinski definition) is 2. The minimum absolute atomic E-state index is 0.106. The first-order chi connectivity index (χ1) is 11.2. The minimum atomic E-state index is 0.106. The number of rotatable bonds is 12. The van der Waals surface area contributed by atoms with E-state index in [0.29, 0.717) is 30.1 Å². The zero-order valence-corrected chi connectivity index (χ0v) is 14.6. The van der Waals surface area contributed by atoms with Crippen LogP contribution in [-0.2, 0) is 0 Å². The molecular weight excluding hydrogens is 290 g/mol. The van der Waals surface area contributed by atoms with Crippen molar-refractivity contribution in [3.63, 3.8) is 0 Å². The van der Waals surface area contributed by atoms with Gasteiger partial charge in [-0.1, -0.05) is 57.5 Å². The van der Waals surface area contributed by atoms with Crippen LogP contribution in [0.2, 0.25) is 0 Å². The Hall–Kier alpha value is -1.71. The predicted molar refractivity (Wildman–Crippen MR) is 94.8 cm³/mol. The second-order valence-electron chi connectivity index (χ2n) is 5.95. The third kappa shape index (κ3) is 7.40. The molecule has 0 atom stereocenters. The van der Waals surface area contributed by atoms with Crippen molar-refractivity contribution >= 4 is 5.71 Å². The zero-order chi connectivity index (χ0) is 16.9. The van der Waals surface area contributed by atoms with Gasteiger partial charge in [-0.3, -0.25) is 0 Å². The molecule has 0 aromatic heterocycles. The Balaban J connectivity index is 2.45. The molecule has 0 bridgehead atoms. The van der Waals surface area contributed by atoms with Crippen LogP contribution in [0.3, 0.4) is 0 Å². The Bertz CT molecular complexity index is 472. The van der Waals surface area contributed by atoms with Crippen molar-refractivity contribution in [2.75, 3.05) is 6.61 Å². The summed E-state index contributed by atoms with van der Waals surface area (Å²) in [5.74, 6) is 0.746. The average Bonchev–Trinajstić information content (AvgIpc) is 2.56. The maximum absolute atomic E-state index is 10.1. The molecule has 0 radical (unpaired) electrons. The second kappa shape index (κ2) is 11.8. The number of phenolic OH excluding ortho intramolecular Hbond substituents is 1. The molecule has 1 aromatic rings. The quantitative estimate of drug-likeness (QED) is 0.231. The maximum atomic E-state index is 10.1. The molecule has 0 saturated heterocycles. The van der Waals surface area contributed by atoms with E-state index in [4.69, 9.17) is 4.74 Å². The van der Waals surface area contributed by atoms with Crippen LogP contribution in [0.1, 0.15) is 77.2 Å². The predicted octanol–water partition coefficient (Wildman–Crippen LogP) is 5.50. The first kappa shape index (κ1) is 19.3. The molecule has 4 heteroatoms. The van der Waals surface area contributed by atoms with E-state index in [0.717, 1.165) is 19.3 Å². The number of oxime groups is 1. The van der Waals surface area contributed by atoms with Gasteiger partial charge >= 0.3 is 0 Å². The Kier molecular flexibility index (Phi) is 9.92. The molecule has 0 fully saturated rings. The second-order valence-corrected chi connectivity index (χ2v) is 5.95. The highest BCUT2D eigenvalue weighted by Gasteiger charge is 2.11. The van der Waals surface area contributed by atoms with Gasteiger partial charge in [0.05, 0.1) is 12.3 Å². The first-order valence-corrected chi connectivity index (χ1v) is 8.90. The van der Waals surface area contributed by atoms with Gasteiger partial charge in [-0.25, -0.2) is 0 Å². The SMILES string of the molecule is CCCCCCCCC/C(=N\O)c1ccc(OCCC)cc1O. The van der Waals surface area contributed by atoms with E-state index in [1.165, 1.54) is 32.1 Å². The number of benzene rings is 1. The van der Waals surface area contributed by atoms with Crippen molar-refractivity contribution in [2.45, 2.75) is 71.6 Å². The number of nitrogens with zero attached hydrogens (tertiary/aromatic N) is 1. The lowest BCUT2D eigenvalue weighted by Crippen LogP contribution is -2.03. The normalized spacial score (nSPS) is 11.7. The fourth-order valence-electron chi connectivity index (χ4n) is 2.55. The van der Waals surface area contributed by atoms with Gasteiger partial charge in [0, 0.05) is 11.6 Å². The summed E-state index contributed by atoms with van der Waals surface area (Å²) in [6.07, 6.45) is 10.1. The number of phenols is 1. The molecular formula is C19H31NO3. The van der Waals surface area contributed by atoms with Crippen LogP contribution in [0.15, 0.2) is 23.4 Å². The van der Waals surface area contributed by atoms with Gasteiger partial charge < -0.3 is 15.1 Å². The largest absolute Gasteiger partial charge is 0.507 e. The summed E-state index contributed by atoms with van der Waals surface area (Å²) in [4.78, 5) is 0. The van der Waals surface area contributed by atoms with E-state index in [9.17, 15) is 10.3 Å². The van der Waals surface area contributed by atoms with Crippen LogP contribution in [0.4, 0.5) is 0 Å². The molecule has 0 unspecified atom stereocenters. The molecule has 0 amide bonds. The van der Waals surface area contributed by atoms with E-state index in [1.807, 2.05) is 6.92 Å². The molecule has 2 N–H and O–H groups in total. The van der Waals surface area contributed by atoms with Gasteiger partial charge in [0.25, 0.3) is 0 Å². The fourth-order valence-corrected chi connectivity index (χ4v) is 2.55. The highest BCUT2D eigenvalue weighted by molar-refractivity contribution is 6.02. The Morgan fingerprint density at radius 3 is 2.30 bits per heavy atom. The van der Waals surface area contributed by atoms with Crippen molar-refractivity contribution in [3.05, 3.63) is 23.8 Å². The lowest BCUT2D eigenvalue weighted by molar-refractivity contribution is 0.314. The van der Waals surface area contributed by atoms with Gasteiger partial charge in [0.15, 0.2) is 0 Å². The third-order valence-electron chi connectivity index (χ3n) is 3.89. The van der Waals surface area contributed by atoms with Crippen molar-refractivity contribution in [1.82, 2.24) is 0 Å². The lowest BCUT2D eigenvalue weighted by Gasteiger charge is -2.10. The fraction of sp³-hybridized carbons (Fsp3) is 0.632. The summed E-state index contributed by atoms with van der Waals surface area (Å²) in [6.45, 7) is 4.87. The van der Waals surface area contributed by atoms with Crippen molar-refractivity contribution in [3.8, 4) is 11.5 Å². The lowest BCUT2D eigenvalue weighted by atomic mass is 10.0. The molecule has 0 spiro atoms. The van der Waals surface area contributed by atoms with E-state index in [1.54, 1.807) is 18.2 Å². The van der Waals surface area contributed by atoms with Crippen LogP contribution in [-0.4, -0.2) is 22.6 Å². The average molecular weight is 321 g/mol. The van der Waals surface area contributed by atoms with E-state index < -0.39 is 0 Å². The summed E-state index contributed by atoms with van der Waals surface area (Å²) in [5.41, 5.74) is 1.13. The molecule has 1 aromatic carbocycles. The van der Waals surface area contributed by atoms with Crippen LogP contribution in [0, 0.1) is 0 Å². The summed E-state index contributed by atoms with van der Waals surface area (Å²) in [5, 5.41) is 22.7. The summed E-state index contributed by atoms with van der Waals surface area (Å²) in [7, 11) is 0. The van der Waals surface area contributed by atoms with Gasteiger partial charge in [-0.05, 0) is 31.4 Å². The van der Waals surface area contributed by atoms with Crippen LogP contribution in [0.5, 0.6) is 11.5 Å². The molecule has 23 heavy (non-hydrogen) atoms. The third-order valence-corrected chi connectivity index (χ3v) is 3.89. The van der Waals surface area contributed by atoms with Gasteiger partial charge in [-0.15, -0.1) is 0 Å². The monoisotopic (exact) mass is 321 g/mol.